The summed E-state index contributed by atoms with van der Waals surface area (Å²) in [6, 6.07) is -0.0506. The fourth-order valence-corrected chi connectivity index (χ4v) is 1.97. The molecule has 0 aliphatic heterocycles. The van der Waals surface area contributed by atoms with Gasteiger partial charge in [0.25, 0.3) is 0 Å². The first-order valence-electron chi connectivity index (χ1n) is 5.11. The third kappa shape index (κ3) is 1.55. The molecule has 0 aromatic carbocycles. The second-order valence-electron chi connectivity index (χ2n) is 3.88. The molecule has 1 heterocycles. The summed E-state index contributed by atoms with van der Waals surface area (Å²) in [5, 5.41) is 23.3. The van der Waals surface area contributed by atoms with E-state index in [2.05, 4.69) is 12.0 Å². The number of aliphatic hydroxyl groups is 2. The molecule has 1 aliphatic rings. The minimum absolute atomic E-state index is 0.0506. The van der Waals surface area contributed by atoms with Crippen molar-refractivity contribution < 1.29 is 10.2 Å². The molecule has 3 atom stereocenters. The maximum absolute atomic E-state index is 9.68. The lowest BCUT2D eigenvalue weighted by Gasteiger charge is -2.16. The van der Waals surface area contributed by atoms with Gasteiger partial charge in [-0.25, -0.2) is 0 Å². The summed E-state index contributed by atoms with van der Waals surface area (Å²) in [5.41, 5.74) is 1.17. The zero-order valence-corrected chi connectivity index (χ0v) is 8.30. The molecule has 1 saturated carbocycles. The van der Waals surface area contributed by atoms with E-state index in [0.717, 1.165) is 12.8 Å². The van der Waals surface area contributed by atoms with E-state index in [1.165, 1.54) is 5.56 Å². The first-order chi connectivity index (χ1) is 6.72. The van der Waals surface area contributed by atoms with Crippen molar-refractivity contribution >= 4 is 0 Å². The lowest BCUT2D eigenvalue weighted by atomic mass is 10.2. The third-order valence-corrected chi connectivity index (χ3v) is 2.95. The molecule has 1 aromatic rings. The number of nitrogens with zero attached hydrogens (tertiary/aromatic N) is 2. The fourth-order valence-electron chi connectivity index (χ4n) is 1.97. The Hall–Kier alpha value is -0.870. The van der Waals surface area contributed by atoms with Crippen LogP contribution in [0.15, 0.2) is 12.4 Å². The van der Waals surface area contributed by atoms with Crippen molar-refractivity contribution in [2.24, 2.45) is 0 Å². The highest BCUT2D eigenvalue weighted by atomic mass is 16.3. The molecule has 4 nitrogen and oxygen atoms in total. The lowest BCUT2D eigenvalue weighted by molar-refractivity contribution is 0.0211. The Labute approximate surface area is 83.2 Å². The molecule has 1 aliphatic carbocycles. The van der Waals surface area contributed by atoms with Gasteiger partial charge >= 0.3 is 0 Å². The molecule has 2 N–H and O–H groups in total. The maximum Gasteiger partial charge on any atom is 0.102 e. The van der Waals surface area contributed by atoms with Gasteiger partial charge in [0, 0.05) is 6.20 Å². The zero-order chi connectivity index (χ0) is 10.1. The van der Waals surface area contributed by atoms with Gasteiger partial charge in [0.15, 0.2) is 0 Å². The SMILES string of the molecule is CCc1cnn(C2CCC(O)C2O)c1. The van der Waals surface area contributed by atoms with Crippen molar-refractivity contribution in [2.45, 2.75) is 44.4 Å². The predicted octanol–water partition coefficient (Wildman–Crippen LogP) is 0.502. The van der Waals surface area contributed by atoms with Crippen molar-refractivity contribution in [3.63, 3.8) is 0 Å². The van der Waals surface area contributed by atoms with Crippen LogP contribution < -0.4 is 0 Å². The first-order valence-corrected chi connectivity index (χ1v) is 5.11. The van der Waals surface area contributed by atoms with Gasteiger partial charge in [-0.15, -0.1) is 0 Å². The zero-order valence-electron chi connectivity index (χ0n) is 8.30. The number of rotatable bonds is 2. The van der Waals surface area contributed by atoms with E-state index in [-0.39, 0.29) is 6.04 Å². The van der Waals surface area contributed by atoms with Crippen LogP contribution in [0, 0.1) is 0 Å². The van der Waals surface area contributed by atoms with E-state index in [4.69, 9.17) is 0 Å². The molecular weight excluding hydrogens is 180 g/mol. The number of aromatic nitrogens is 2. The molecule has 0 saturated heterocycles. The van der Waals surface area contributed by atoms with Gasteiger partial charge in [-0.05, 0) is 24.8 Å². The summed E-state index contributed by atoms with van der Waals surface area (Å²) in [6.45, 7) is 2.07. The van der Waals surface area contributed by atoms with Gasteiger partial charge in [0.05, 0.1) is 18.3 Å². The average molecular weight is 196 g/mol. The highest BCUT2D eigenvalue weighted by molar-refractivity contribution is 5.05. The van der Waals surface area contributed by atoms with Crippen molar-refractivity contribution in [2.75, 3.05) is 0 Å². The van der Waals surface area contributed by atoms with Crippen LogP contribution in [0.5, 0.6) is 0 Å². The summed E-state index contributed by atoms with van der Waals surface area (Å²) in [4.78, 5) is 0. The summed E-state index contributed by atoms with van der Waals surface area (Å²) in [6.07, 6.45) is 4.92. The van der Waals surface area contributed by atoms with E-state index in [9.17, 15) is 10.2 Å². The summed E-state index contributed by atoms with van der Waals surface area (Å²) in [5.74, 6) is 0. The third-order valence-electron chi connectivity index (χ3n) is 2.95. The molecule has 4 heteroatoms. The Kier molecular flexibility index (Phi) is 2.56. The van der Waals surface area contributed by atoms with Crippen molar-refractivity contribution in [3.05, 3.63) is 18.0 Å². The highest BCUT2D eigenvalue weighted by Crippen LogP contribution is 2.29. The van der Waals surface area contributed by atoms with Crippen molar-refractivity contribution in [1.29, 1.82) is 0 Å². The van der Waals surface area contributed by atoms with Crippen LogP contribution in [0.25, 0.3) is 0 Å². The first kappa shape index (κ1) is 9.68. The molecule has 78 valence electrons. The normalized spacial score (nSPS) is 32.4. The Balaban J connectivity index is 2.15. The average Bonchev–Trinajstić information content (AvgIpc) is 2.75. The van der Waals surface area contributed by atoms with Gasteiger partial charge in [-0.3, -0.25) is 4.68 Å². The van der Waals surface area contributed by atoms with Gasteiger partial charge in [-0.2, -0.15) is 5.10 Å². The smallest absolute Gasteiger partial charge is 0.102 e. The van der Waals surface area contributed by atoms with Crippen LogP contribution in [0.3, 0.4) is 0 Å². The van der Waals surface area contributed by atoms with Gasteiger partial charge in [0.2, 0.25) is 0 Å². The van der Waals surface area contributed by atoms with Crippen LogP contribution in [-0.2, 0) is 6.42 Å². The highest BCUT2D eigenvalue weighted by Gasteiger charge is 2.34. The predicted molar refractivity (Wildman–Crippen MR) is 51.9 cm³/mol. The molecule has 0 spiro atoms. The van der Waals surface area contributed by atoms with Crippen molar-refractivity contribution in [3.8, 4) is 0 Å². The van der Waals surface area contributed by atoms with E-state index < -0.39 is 12.2 Å². The minimum Gasteiger partial charge on any atom is -0.390 e. The standard InChI is InChI=1S/C10H16N2O2/c1-2-7-5-11-12(6-7)8-3-4-9(13)10(8)14/h5-6,8-10,13-14H,2-4H2,1H3. The van der Waals surface area contributed by atoms with E-state index in [1.807, 2.05) is 12.4 Å². The number of aliphatic hydroxyl groups excluding tert-OH is 2. The van der Waals surface area contributed by atoms with Crippen LogP contribution >= 0.6 is 0 Å². The van der Waals surface area contributed by atoms with Crippen LogP contribution in [-0.4, -0.2) is 32.2 Å². The molecular formula is C10H16N2O2. The van der Waals surface area contributed by atoms with Crippen LogP contribution in [0.1, 0.15) is 31.4 Å². The van der Waals surface area contributed by atoms with E-state index in [0.29, 0.717) is 6.42 Å². The minimum atomic E-state index is -0.667. The summed E-state index contributed by atoms with van der Waals surface area (Å²) in [7, 11) is 0. The molecule has 0 radical (unpaired) electrons. The number of hydrogen-bond donors (Lipinski definition) is 2. The molecule has 1 fully saturated rings. The number of hydrogen-bond acceptors (Lipinski definition) is 3. The summed E-state index contributed by atoms with van der Waals surface area (Å²) < 4.78 is 1.78. The molecule has 2 rings (SSSR count). The Morgan fingerprint density at radius 3 is 2.79 bits per heavy atom. The van der Waals surface area contributed by atoms with Crippen LogP contribution in [0.2, 0.25) is 0 Å². The molecule has 1 aromatic heterocycles. The largest absolute Gasteiger partial charge is 0.390 e. The second-order valence-corrected chi connectivity index (χ2v) is 3.88. The fraction of sp³-hybridized carbons (Fsp3) is 0.700. The van der Waals surface area contributed by atoms with Crippen molar-refractivity contribution in [1.82, 2.24) is 9.78 Å². The Morgan fingerprint density at radius 2 is 2.29 bits per heavy atom. The molecule has 0 bridgehead atoms. The Morgan fingerprint density at radius 1 is 1.50 bits per heavy atom. The van der Waals surface area contributed by atoms with Crippen LogP contribution in [0.4, 0.5) is 0 Å². The Bertz CT molecular complexity index is 311. The topological polar surface area (TPSA) is 58.3 Å². The molecule has 14 heavy (non-hydrogen) atoms. The molecule has 0 amide bonds. The van der Waals surface area contributed by atoms with Gasteiger partial charge < -0.3 is 10.2 Å². The lowest BCUT2D eigenvalue weighted by Crippen LogP contribution is -2.27. The van der Waals surface area contributed by atoms with E-state index >= 15 is 0 Å². The van der Waals surface area contributed by atoms with Gasteiger partial charge in [0.1, 0.15) is 6.10 Å². The number of aryl methyl sites for hydroxylation is 1. The monoisotopic (exact) mass is 196 g/mol. The van der Waals surface area contributed by atoms with E-state index in [1.54, 1.807) is 4.68 Å². The molecule has 3 unspecified atom stereocenters. The maximum atomic E-state index is 9.68. The quantitative estimate of drug-likeness (QED) is 0.724. The summed E-state index contributed by atoms with van der Waals surface area (Å²) >= 11 is 0. The van der Waals surface area contributed by atoms with Gasteiger partial charge in [-0.1, -0.05) is 6.92 Å². The second kappa shape index (κ2) is 3.71.